The highest BCUT2D eigenvalue weighted by Crippen LogP contribution is 2.38. The molecule has 162 valence electrons. The van der Waals surface area contributed by atoms with Crippen LogP contribution in [0.25, 0.3) is 0 Å². The van der Waals surface area contributed by atoms with Gasteiger partial charge in [0.25, 0.3) is 0 Å². The fraction of sp³-hybridized carbons (Fsp3) is 0.333. The van der Waals surface area contributed by atoms with Gasteiger partial charge in [-0.25, -0.2) is 4.79 Å². The number of ether oxygens (including phenoxy) is 2. The Morgan fingerprint density at radius 1 is 1.13 bits per heavy atom. The first-order valence-corrected chi connectivity index (χ1v) is 10.5. The summed E-state index contributed by atoms with van der Waals surface area (Å²) in [5.74, 6) is 1.53. The molecule has 1 atom stereocenters. The zero-order chi connectivity index (χ0) is 21.6. The van der Waals surface area contributed by atoms with Crippen LogP contribution in [0.3, 0.4) is 0 Å². The number of methoxy groups -OCH3 is 2. The lowest BCUT2D eigenvalue weighted by Crippen LogP contribution is -2.39. The molecule has 1 fully saturated rings. The zero-order valence-electron chi connectivity index (χ0n) is 18.0. The minimum absolute atomic E-state index is 0.0376. The summed E-state index contributed by atoms with van der Waals surface area (Å²) >= 11 is 0. The molecule has 1 N–H and O–H groups in total. The molecule has 2 aromatic carbocycles. The van der Waals surface area contributed by atoms with Crippen molar-refractivity contribution >= 4 is 6.03 Å². The van der Waals surface area contributed by atoms with E-state index < -0.39 is 0 Å². The quantitative estimate of drug-likeness (QED) is 0.627. The molecule has 0 spiro atoms. The van der Waals surface area contributed by atoms with E-state index >= 15 is 0 Å². The molecule has 7 nitrogen and oxygen atoms in total. The van der Waals surface area contributed by atoms with Crippen molar-refractivity contribution < 1.29 is 14.3 Å². The zero-order valence-corrected chi connectivity index (χ0v) is 18.0. The second kappa shape index (κ2) is 9.55. The third-order valence-corrected chi connectivity index (χ3v) is 5.75. The molecule has 4 rings (SSSR count). The normalized spacial score (nSPS) is 15.7. The van der Waals surface area contributed by atoms with Crippen molar-refractivity contribution in [2.75, 3.05) is 20.8 Å². The maximum Gasteiger partial charge on any atom is 0.318 e. The van der Waals surface area contributed by atoms with Crippen molar-refractivity contribution in [2.45, 2.75) is 32.0 Å². The van der Waals surface area contributed by atoms with Crippen LogP contribution in [-0.4, -0.2) is 41.5 Å². The summed E-state index contributed by atoms with van der Waals surface area (Å²) in [6.07, 6.45) is 5.55. The minimum Gasteiger partial charge on any atom is -0.497 e. The smallest absolute Gasteiger partial charge is 0.318 e. The standard InChI is InChI=1S/C24H28N4O3/c1-30-20-10-11-23(31-2)21(15-20)22-9-5-14-28(22)24(29)25-16-18-7-3-4-8-19(18)17-27-13-6-12-26-27/h3-4,6-8,10-13,15,22H,5,9,14,16-17H2,1-2H3,(H,25,29). The third kappa shape index (κ3) is 4.66. The van der Waals surface area contributed by atoms with E-state index in [2.05, 4.69) is 16.5 Å². The number of nitrogens with zero attached hydrogens (tertiary/aromatic N) is 3. The van der Waals surface area contributed by atoms with Crippen LogP contribution in [0.15, 0.2) is 60.9 Å². The molecule has 0 saturated carbocycles. The molecule has 1 saturated heterocycles. The van der Waals surface area contributed by atoms with Crippen LogP contribution in [-0.2, 0) is 13.1 Å². The van der Waals surface area contributed by atoms with E-state index in [1.165, 1.54) is 0 Å². The number of hydrogen-bond donors (Lipinski definition) is 1. The van der Waals surface area contributed by atoms with Crippen molar-refractivity contribution in [2.24, 2.45) is 0 Å². The second-order valence-electron chi connectivity index (χ2n) is 7.59. The number of likely N-dealkylation sites (tertiary alicyclic amines) is 1. The number of urea groups is 1. The van der Waals surface area contributed by atoms with Gasteiger partial charge in [-0.1, -0.05) is 24.3 Å². The fourth-order valence-electron chi connectivity index (χ4n) is 4.16. The molecule has 1 unspecified atom stereocenters. The summed E-state index contributed by atoms with van der Waals surface area (Å²) in [6, 6.07) is 15.7. The van der Waals surface area contributed by atoms with Crippen LogP contribution in [0.4, 0.5) is 4.79 Å². The summed E-state index contributed by atoms with van der Waals surface area (Å²) in [5.41, 5.74) is 3.20. The summed E-state index contributed by atoms with van der Waals surface area (Å²) < 4.78 is 12.8. The lowest BCUT2D eigenvalue weighted by atomic mass is 10.0. The number of nitrogens with one attached hydrogen (secondary N) is 1. The molecular formula is C24H28N4O3. The van der Waals surface area contributed by atoms with E-state index in [-0.39, 0.29) is 12.1 Å². The van der Waals surface area contributed by atoms with Gasteiger partial charge in [-0.3, -0.25) is 4.68 Å². The van der Waals surface area contributed by atoms with Gasteiger partial charge in [0.15, 0.2) is 0 Å². The van der Waals surface area contributed by atoms with Gasteiger partial charge in [0.2, 0.25) is 0 Å². The van der Waals surface area contributed by atoms with E-state index in [0.29, 0.717) is 19.6 Å². The van der Waals surface area contributed by atoms with E-state index in [1.807, 2.05) is 58.2 Å². The van der Waals surface area contributed by atoms with Gasteiger partial charge in [0.05, 0.1) is 26.8 Å². The number of carbonyl (C=O) groups is 1. The first kappa shape index (κ1) is 20.8. The lowest BCUT2D eigenvalue weighted by molar-refractivity contribution is 0.191. The molecule has 0 radical (unpaired) electrons. The molecule has 1 aliphatic rings. The SMILES string of the molecule is COc1ccc(OC)c(C2CCCN2C(=O)NCc2ccccc2Cn2cccn2)c1. The van der Waals surface area contributed by atoms with Crippen LogP contribution in [0, 0.1) is 0 Å². The first-order chi connectivity index (χ1) is 15.2. The Hall–Kier alpha value is -3.48. The molecule has 1 aromatic heterocycles. The molecule has 31 heavy (non-hydrogen) atoms. The van der Waals surface area contributed by atoms with Crippen LogP contribution in [0.5, 0.6) is 11.5 Å². The van der Waals surface area contributed by atoms with Gasteiger partial charge >= 0.3 is 6.03 Å². The fourth-order valence-corrected chi connectivity index (χ4v) is 4.16. The molecule has 7 heteroatoms. The number of hydrogen-bond acceptors (Lipinski definition) is 4. The second-order valence-corrected chi connectivity index (χ2v) is 7.59. The van der Waals surface area contributed by atoms with E-state index in [1.54, 1.807) is 20.4 Å². The van der Waals surface area contributed by atoms with Crippen molar-refractivity contribution in [3.05, 3.63) is 77.6 Å². The number of carbonyl (C=O) groups excluding carboxylic acids is 1. The summed E-state index contributed by atoms with van der Waals surface area (Å²) in [4.78, 5) is 15.0. The summed E-state index contributed by atoms with van der Waals surface area (Å²) in [7, 11) is 3.30. The Morgan fingerprint density at radius 3 is 2.71 bits per heavy atom. The highest BCUT2D eigenvalue weighted by molar-refractivity contribution is 5.75. The number of amides is 2. The molecule has 0 bridgehead atoms. The Labute approximate surface area is 182 Å². The highest BCUT2D eigenvalue weighted by Gasteiger charge is 2.32. The molecule has 3 aromatic rings. The van der Waals surface area contributed by atoms with E-state index in [4.69, 9.17) is 9.47 Å². The highest BCUT2D eigenvalue weighted by atomic mass is 16.5. The Kier molecular flexibility index (Phi) is 6.40. The maximum absolute atomic E-state index is 13.1. The summed E-state index contributed by atoms with van der Waals surface area (Å²) in [5, 5.41) is 7.40. The lowest BCUT2D eigenvalue weighted by Gasteiger charge is -2.27. The Morgan fingerprint density at radius 2 is 1.97 bits per heavy atom. The predicted octanol–water partition coefficient (Wildman–Crippen LogP) is 4.00. The monoisotopic (exact) mass is 420 g/mol. The Bertz CT molecular complexity index is 1020. The number of rotatable bonds is 7. The number of benzene rings is 2. The number of aromatic nitrogens is 2. The van der Waals surface area contributed by atoms with E-state index in [0.717, 1.165) is 41.0 Å². The maximum atomic E-state index is 13.1. The average Bonchev–Trinajstić information content (AvgIpc) is 3.50. The summed E-state index contributed by atoms with van der Waals surface area (Å²) in [6.45, 7) is 1.85. The molecule has 0 aliphatic carbocycles. The largest absolute Gasteiger partial charge is 0.497 e. The topological polar surface area (TPSA) is 68.6 Å². The third-order valence-electron chi connectivity index (χ3n) is 5.75. The average molecular weight is 421 g/mol. The van der Waals surface area contributed by atoms with Crippen molar-refractivity contribution in [3.63, 3.8) is 0 Å². The van der Waals surface area contributed by atoms with Gasteiger partial charge in [0, 0.05) is 31.0 Å². The molecule has 2 amide bonds. The molecular weight excluding hydrogens is 392 g/mol. The minimum atomic E-state index is -0.0683. The van der Waals surface area contributed by atoms with Gasteiger partial charge in [-0.15, -0.1) is 0 Å². The molecule has 2 heterocycles. The van der Waals surface area contributed by atoms with Crippen LogP contribution >= 0.6 is 0 Å². The van der Waals surface area contributed by atoms with Crippen molar-refractivity contribution in [3.8, 4) is 11.5 Å². The van der Waals surface area contributed by atoms with Crippen LogP contribution < -0.4 is 14.8 Å². The van der Waals surface area contributed by atoms with E-state index in [9.17, 15) is 4.79 Å². The van der Waals surface area contributed by atoms with Crippen molar-refractivity contribution in [1.82, 2.24) is 20.0 Å². The van der Waals surface area contributed by atoms with Crippen molar-refractivity contribution in [1.29, 1.82) is 0 Å². The predicted molar refractivity (Wildman–Crippen MR) is 118 cm³/mol. The van der Waals surface area contributed by atoms with Gasteiger partial charge in [-0.05, 0) is 48.2 Å². The van der Waals surface area contributed by atoms with Crippen LogP contribution in [0.2, 0.25) is 0 Å². The first-order valence-electron chi connectivity index (χ1n) is 10.5. The molecule has 1 aliphatic heterocycles. The van der Waals surface area contributed by atoms with Gasteiger partial charge < -0.3 is 19.7 Å². The Balaban J connectivity index is 1.47. The van der Waals surface area contributed by atoms with Crippen LogP contribution in [0.1, 0.15) is 35.6 Å². The van der Waals surface area contributed by atoms with Gasteiger partial charge in [-0.2, -0.15) is 5.10 Å². The van der Waals surface area contributed by atoms with Gasteiger partial charge in [0.1, 0.15) is 11.5 Å².